The van der Waals surface area contributed by atoms with E-state index in [1.54, 1.807) is 6.92 Å². The van der Waals surface area contributed by atoms with Crippen molar-refractivity contribution in [3.8, 4) is 0 Å². The molecule has 0 saturated heterocycles. The van der Waals surface area contributed by atoms with E-state index in [0.717, 1.165) is 21.7 Å². The molecule has 140 valence electrons. The van der Waals surface area contributed by atoms with E-state index in [0.29, 0.717) is 0 Å². The number of halogens is 1. The standard InChI is InChI=1S/C19H23FN2O3S/c1-4-17(19(23)21-13-15-11-9-14(2)10-12-15)22(26(3,24)25)18-8-6-5-7-16(18)20/h5-12,17H,4,13H2,1-3H3,(H,21,23)/t17-/m1/s1. The number of sulfonamides is 1. The number of hydrogen-bond donors (Lipinski definition) is 1. The van der Waals surface area contributed by atoms with Crippen LogP contribution in [0.4, 0.5) is 10.1 Å². The van der Waals surface area contributed by atoms with Gasteiger partial charge in [0.2, 0.25) is 15.9 Å². The van der Waals surface area contributed by atoms with Crippen molar-refractivity contribution < 1.29 is 17.6 Å². The number of benzene rings is 2. The van der Waals surface area contributed by atoms with Crippen molar-refractivity contribution in [3.63, 3.8) is 0 Å². The lowest BCUT2D eigenvalue weighted by Crippen LogP contribution is -2.49. The quantitative estimate of drug-likeness (QED) is 0.805. The number of anilines is 1. The Labute approximate surface area is 153 Å². The van der Waals surface area contributed by atoms with Gasteiger partial charge in [0.15, 0.2) is 0 Å². The molecule has 7 heteroatoms. The fraction of sp³-hybridized carbons (Fsp3) is 0.316. The van der Waals surface area contributed by atoms with Crippen molar-refractivity contribution in [3.05, 3.63) is 65.5 Å². The normalized spacial score (nSPS) is 12.5. The maximum Gasteiger partial charge on any atom is 0.244 e. The van der Waals surface area contributed by atoms with E-state index in [-0.39, 0.29) is 18.7 Å². The van der Waals surface area contributed by atoms with Gasteiger partial charge in [-0.05, 0) is 31.0 Å². The Balaban J connectivity index is 2.25. The molecule has 26 heavy (non-hydrogen) atoms. The number of carbonyl (C=O) groups is 1. The van der Waals surface area contributed by atoms with Gasteiger partial charge in [0.1, 0.15) is 11.9 Å². The highest BCUT2D eigenvalue weighted by Gasteiger charge is 2.32. The summed E-state index contributed by atoms with van der Waals surface area (Å²) in [4.78, 5) is 12.6. The molecule has 0 heterocycles. The molecule has 0 spiro atoms. The lowest BCUT2D eigenvalue weighted by molar-refractivity contribution is -0.122. The number of amides is 1. The fourth-order valence-electron chi connectivity index (χ4n) is 2.68. The van der Waals surface area contributed by atoms with E-state index in [9.17, 15) is 17.6 Å². The highest BCUT2D eigenvalue weighted by molar-refractivity contribution is 7.92. The maximum absolute atomic E-state index is 14.2. The number of nitrogens with zero attached hydrogens (tertiary/aromatic N) is 1. The van der Waals surface area contributed by atoms with E-state index in [1.807, 2.05) is 31.2 Å². The van der Waals surface area contributed by atoms with Gasteiger partial charge in [-0.25, -0.2) is 12.8 Å². The first-order valence-electron chi connectivity index (χ1n) is 8.31. The van der Waals surface area contributed by atoms with Crippen molar-refractivity contribution in [1.82, 2.24) is 5.32 Å². The monoisotopic (exact) mass is 378 g/mol. The predicted molar refractivity (Wildman–Crippen MR) is 101 cm³/mol. The Hall–Kier alpha value is -2.41. The van der Waals surface area contributed by atoms with Crippen LogP contribution in [0.1, 0.15) is 24.5 Å². The van der Waals surface area contributed by atoms with Crippen LogP contribution in [-0.2, 0) is 21.4 Å². The summed E-state index contributed by atoms with van der Waals surface area (Å²) in [5.74, 6) is -1.16. The Morgan fingerprint density at radius 3 is 2.31 bits per heavy atom. The maximum atomic E-state index is 14.2. The number of hydrogen-bond acceptors (Lipinski definition) is 3. The third-order valence-corrected chi connectivity index (χ3v) is 5.17. The highest BCUT2D eigenvalue weighted by Crippen LogP contribution is 2.25. The lowest BCUT2D eigenvalue weighted by Gasteiger charge is -2.30. The van der Waals surface area contributed by atoms with Crippen LogP contribution in [-0.4, -0.2) is 26.6 Å². The van der Waals surface area contributed by atoms with Gasteiger partial charge in [0.25, 0.3) is 0 Å². The molecule has 0 fully saturated rings. The fourth-order valence-corrected chi connectivity index (χ4v) is 3.89. The summed E-state index contributed by atoms with van der Waals surface area (Å²) >= 11 is 0. The van der Waals surface area contributed by atoms with Crippen LogP contribution in [0.15, 0.2) is 48.5 Å². The molecule has 0 aromatic heterocycles. The highest BCUT2D eigenvalue weighted by atomic mass is 32.2. The van der Waals surface area contributed by atoms with Crippen LogP contribution in [0, 0.1) is 12.7 Å². The Morgan fingerprint density at radius 2 is 1.77 bits per heavy atom. The molecule has 1 N–H and O–H groups in total. The zero-order chi connectivity index (χ0) is 19.3. The summed E-state index contributed by atoms with van der Waals surface area (Å²) in [6, 6.07) is 12.1. The average molecular weight is 378 g/mol. The summed E-state index contributed by atoms with van der Waals surface area (Å²) in [5, 5.41) is 2.74. The van der Waals surface area contributed by atoms with Crippen molar-refractivity contribution in [2.24, 2.45) is 0 Å². The Kier molecular flexibility index (Phi) is 6.37. The topological polar surface area (TPSA) is 66.5 Å². The van der Waals surface area contributed by atoms with Crippen LogP contribution in [0.5, 0.6) is 0 Å². The first-order valence-corrected chi connectivity index (χ1v) is 10.2. The molecule has 0 bridgehead atoms. The third-order valence-electron chi connectivity index (χ3n) is 4.01. The van der Waals surface area contributed by atoms with Gasteiger partial charge in [0.05, 0.1) is 11.9 Å². The lowest BCUT2D eigenvalue weighted by atomic mass is 10.1. The van der Waals surface area contributed by atoms with Crippen LogP contribution in [0.3, 0.4) is 0 Å². The molecule has 0 aliphatic heterocycles. The minimum atomic E-state index is -3.85. The molecular weight excluding hydrogens is 355 g/mol. The number of nitrogens with one attached hydrogen (secondary N) is 1. The summed E-state index contributed by atoms with van der Waals surface area (Å²) in [7, 11) is -3.85. The molecule has 2 aromatic carbocycles. The molecule has 5 nitrogen and oxygen atoms in total. The van der Waals surface area contributed by atoms with Crippen LogP contribution < -0.4 is 9.62 Å². The minimum absolute atomic E-state index is 0.132. The Morgan fingerprint density at radius 1 is 1.15 bits per heavy atom. The first kappa shape index (κ1) is 19.9. The largest absolute Gasteiger partial charge is 0.350 e. The van der Waals surface area contributed by atoms with E-state index in [4.69, 9.17) is 0 Å². The molecule has 0 aliphatic carbocycles. The second kappa shape index (κ2) is 8.31. The zero-order valence-electron chi connectivity index (χ0n) is 15.1. The molecule has 1 atom stereocenters. The average Bonchev–Trinajstić information content (AvgIpc) is 2.58. The molecule has 2 aromatic rings. The van der Waals surface area contributed by atoms with E-state index in [2.05, 4.69) is 5.32 Å². The molecule has 0 radical (unpaired) electrons. The summed E-state index contributed by atoms with van der Waals surface area (Å²) in [5.41, 5.74) is 1.87. The van der Waals surface area contributed by atoms with Gasteiger partial charge in [-0.1, -0.05) is 48.9 Å². The van der Waals surface area contributed by atoms with E-state index < -0.39 is 27.8 Å². The number of carbonyl (C=O) groups excluding carboxylic acids is 1. The predicted octanol–water partition coefficient (Wildman–Crippen LogP) is 3.00. The molecular formula is C19H23FN2O3S. The summed E-state index contributed by atoms with van der Waals surface area (Å²) in [6.07, 6.45) is 1.18. The van der Waals surface area contributed by atoms with Gasteiger partial charge >= 0.3 is 0 Å². The molecule has 0 saturated carbocycles. The smallest absolute Gasteiger partial charge is 0.244 e. The second-order valence-corrected chi connectivity index (χ2v) is 8.00. The van der Waals surface area contributed by atoms with Crippen LogP contribution >= 0.6 is 0 Å². The number of aryl methyl sites for hydroxylation is 1. The third kappa shape index (κ3) is 4.82. The first-order chi connectivity index (χ1) is 12.2. The van der Waals surface area contributed by atoms with Crippen molar-refractivity contribution in [2.45, 2.75) is 32.9 Å². The molecule has 1 amide bonds. The van der Waals surface area contributed by atoms with Crippen LogP contribution in [0.2, 0.25) is 0 Å². The van der Waals surface area contributed by atoms with Gasteiger partial charge in [-0.15, -0.1) is 0 Å². The zero-order valence-corrected chi connectivity index (χ0v) is 15.9. The molecule has 0 aliphatic rings. The van der Waals surface area contributed by atoms with Crippen molar-refractivity contribution in [2.75, 3.05) is 10.6 Å². The second-order valence-electron chi connectivity index (χ2n) is 6.14. The van der Waals surface area contributed by atoms with E-state index >= 15 is 0 Å². The van der Waals surface area contributed by atoms with Gasteiger partial charge in [-0.3, -0.25) is 9.10 Å². The Bertz CT molecular complexity index is 867. The number of para-hydroxylation sites is 1. The minimum Gasteiger partial charge on any atom is -0.350 e. The summed E-state index contributed by atoms with van der Waals surface area (Å²) in [6.45, 7) is 3.92. The van der Waals surface area contributed by atoms with Crippen molar-refractivity contribution in [1.29, 1.82) is 0 Å². The van der Waals surface area contributed by atoms with E-state index in [1.165, 1.54) is 24.3 Å². The van der Waals surface area contributed by atoms with Gasteiger partial charge < -0.3 is 5.32 Å². The van der Waals surface area contributed by atoms with Gasteiger partial charge in [-0.2, -0.15) is 0 Å². The summed E-state index contributed by atoms with van der Waals surface area (Å²) < 4.78 is 39.6. The number of rotatable bonds is 7. The van der Waals surface area contributed by atoms with Gasteiger partial charge in [0, 0.05) is 6.54 Å². The van der Waals surface area contributed by atoms with Crippen LogP contribution in [0.25, 0.3) is 0 Å². The van der Waals surface area contributed by atoms with Crippen molar-refractivity contribution >= 4 is 21.6 Å². The molecule has 0 unspecified atom stereocenters. The molecule has 2 rings (SSSR count). The SMILES string of the molecule is CC[C@H](C(=O)NCc1ccc(C)cc1)N(c1ccccc1F)S(C)(=O)=O.